The predicted molar refractivity (Wildman–Crippen MR) is 112 cm³/mol. The predicted octanol–water partition coefficient (Wildman–Crippen LogP) is 5.95. The highest BCUT2D eigenvalue weighted by molar-refractivity contribution is 5.88. The number of hydrogen-bond acceptors (Lipinski definition) is 3. The summed E-state index contributed by atoms with van der Waals surface area (Å²) in [5.41, 5.74) is 4.49. The molecule has 3 aromatic carbocycles. The normalized spacial score (nSPS) is 11.1. The average molecular weight is 375 g/mol. The highest BCUT2D eigenvalue weighted by Crippen LogP contribution is 2.36. The van der Waals surface area contributed by atoms with Gasteiger partial charge in [-0.3, -0.25) is 5.32 Å². The largest absolute Gasteiger partial charge is 0.508 e. The van der Waals surface area contributed by atoms with E-state index in [1.54, 1.807) is 24.3 Å². The van der Waals surface area contributed by atoms with Gasteiger partial charge in [-0.05, 0) is 60.4 Å². The van der Waals surface area contributed by atoms with E-state index in [1.165, 1.54) is 0 Å². The lowest BCUT2D eigenvalue weighted by atomic mass is 9.77. The number of aryl methyl sites for hydroxylation is 2. The van der Waals surface area contributed by atoms with Crippen LogP contribution in [0.2, 0.25) is 0 Å². The fourth-order valence-electron chi connectivity index (χ4n) is 3.31. The van der Waals surface area contributed by atoms with E-state index < -0.39 is 6.09 Å². The Labute approximate surface area is 165 Å². The van der Waals surface area contributed by atoms with Gasteiger partial charge in [0.25, 0.3) is 0 Å². The zero-order valence-electron chi connectivity index (χ0n) is 16.6. The van der Waals surface area contributed by atoms with Crippen LogP contribution >= 0.6 is 0 Å². The molecule has 0 aromatic heterocycles. The first-order chi connectivity index (χ1) is 13.3. The summed E-state index contributed by atoms with van der Waals surface area (Å²) in [6.45, 7) is 8.17. The molecule has 0 spiro atoms. The number of phenolic OH excluding ortho intramolecular Hbond substituents is 1. The molecule has 0 fully saturated rings. The summed E-state index contributed by atoms with van der Waals surface area (Å²) in [5.74, 6) is 0.748. The summed E-state index contributed by atoms with van der Waals surface area (Å²) < 4.78 is 5.33. The molecule has 0 saturated heterocycles. The molecular weight excluding hydrogens is 350 g/mol. The Kier molecular flexibility index (Phi) is 5.41. The summed E-state index contributed by atoms with van der Waals surface area (Å²) in [6, 6.07) is 20.4. The second-order valence-electron chi connectivity index (χ2n) is 7.49. The Bertz CT molecular complexity index is 971. The lowest BCUT2D eigenvalue weighted by Gasteiger charge is -2.28. The van der Waals surface area contributed by atoms with E-state index in [2.05, 4.69) is 31.3 Å². The fraction of sp³-hybridized carbons (Fsp3) is 0.208. The number of ether oxygens (including phenoxy) is 1. The van der Waals surface area contributed by atoms with Gasteiger partial charge >= 0.3 is 6.09 Å². The van der Waals surface area contributed by atoms with E-state index in [0.717, 1.165) is 27.9 Å². The smallest absolute Gasteiger partial charge is 0.417 e. The van der Waals surface area contributed by atoms with Crippen LogP contribution in [0.4, 0.5) is 10.5 Å². The standard InChI is InChI=1S/C24H25NO3/c1-16-13-19(24(3,4)18-9-8-10-20(26)15-18)14-17(2)22(16)25-23(27)28-21-11-6-5-7-12-21/h5-15,26H,1-4H3,(H,25,27). The first-order valence-corrected chi connectivity index (χ1v) is 9.22. The molecule has 3 aromatic rings. The van der Waals surface area contributed by atoms with Crippen LogP contribution in [0.15, 0.2) is 66.7 Å². The highest BCUT2D eigenvalue weighted by atomic mass is 16.6. The SMILES string of the molecule is Cc1cc(C(C)(C)c2cccc(O)c2)cc(C)c1NC(=O)Oc1ccccc1. The number of rotatable bonds is 4. The van der Waals surface area contributed by atoms with E-state index in [4.69, 9.17) is 4.74 Å². The number of anilines is 1. The first-order valence-electron chi connectivity index (χ1n) is 9.22. The van der Waals surface area contributed by atoms with Gasteiger partial charge in [0.05, 0.1) is 0 Å². The van der Waals surface area contributed by atoms with Gasteiger partial charge in [0.15, 0.2) is 0 Å². The Hall–Kier alpha value is -3.27. The number of carbonyl (C=O) groups excluding carboxylic acids is 1. The summed E-state index contributed by atoms with van der Waals surface area (Å²) >= 11 is 0. The van der Waals surface area contributed by atoms with Crippen molar-refractivity contribution in [1.29, 1.82) is 0 Å². The molecule has 0 aliphatic carbocycles. The number of para-hydroxylation sites is 1. The van der Waals surface area contributed by atoms with Crippen LogP contribution in [0.25, 0.3) is 0 Å². The first kappa shape index (κ1) is 19.5. The highest BCUT2D eigenvalue weighted by Gasteiger charge is 2.25. The number of amides is 1. The number of benzene rings is 3. The third kappa shape index (κ3) is 4.17. The van der Waals surface area contributed by atoms with Crippen LogP contribution in [0, 0.1) is 13.8 Å². The van der Waals surface area contributed by atoms with Gasteiger partial charge in [-0.1, -0.05) is 56.3 Å². The lowest BCUT2D eigenvalue weighted by Crippen LogP contribution is -2.21. The van der Waals surface area contributed by atoms with Crippen molar-refractivity contribution in [2.45, 2.75) is 33.1 Å². The van der Waals surface area contributed by atoms with Crippen LogP contribution in [0.1, 0.15) is 36.1 Å². The molecule has 144 valence electrons. The Morgan fingerprint density at radius 1 is 0.893 bits per heavy atom. The summed E-state index contributed by atoms with van der Waals surface area (Å²) in [6.07, 6.45) is -0.516. The molecular formula is C24H25NO3. The molecule has 4 nitrogen and oxygen atoms in total. The number of hydrogen-bond donors (Lipinski definition) is 2. The van der Waals surface area contributed by atoms with Crippen LogP contribution < -0.4 is 10.1 Å². The molecule has 0 saturated carbocycles. The quantitative estimate of drug-likeness (QED) is 0.593. The zero-order chi connectivity index (χ0) is 20.3. The molecule has 0 aliphatic heterocycles. The molecule has 0 bridgehead atoms. The molecule has 2 N–H and O–H groups in total. The number of nitrogens with one attached hydrogen (secondary N) is 1. The number of phenols is 1. The topological polar surface area (TPSA) is 58.6 Å². The lowest BCUT2D eigenvalue weighted by molar-refractivity contribution is 0.215. The van der Waals surface area contributed by atoms with E-state index in [0.29, 0.717) is 5.75 Å². The zero-order valence-corrected chi connectivity index (χ0v) is 16.6. The Morgan fingerprint density at radius 3 is 2.14 bits per heavy atom. The molecule has 0 atom stereocenters. The summed E-state index contributed by atoms with van der Waals surface area (Å²) in [4.78, 5) is 12.3. The van der Waals surface area contributed by atoms with Crippen molar-refractivity contribution in [3.05, 3.63) is 89.0 Å². The molecule has 0 heterocycles. The maximum atomic E-state index is 12.3. The van der Waals surface area contributed by atoms with Crippen LogP contribution in [0.3, 0.4) is 0 Å². The molecule has 1 amide bonds. The maximum absolute atomic E-state index is 12.3. The molecule has 28 heavy (non-hydrogen) atoms. The number of carbonyl (C=O) groups is 1. The minimum Gasteiger partial charge on any atom is -0.508 e. The van der Waals surface area contributed by atoms with Crippen molar-refractivity contribution in [2.75, 3.05) is 5.32 Å². The molecule has 3 rings (SSSR count). The summed E-state index contributed by atoms with van der Waals surface area (Å²) in [5, 5.41) is 12.7. The van der Waals surface area contributed by atoms with E-state index >= 15 is 0 Å². The average Bonchev–Trinajstić information content (AvgIpc) is 2.65. The second kappa shape index (κ2) is 7.77. The molecule has 4 heteroatoms. The molecule has 0 unspecified atom stereocenters. The second-order valence-corrected chi connectivity index (χ2v) is 7.49. The van der Waals surface area contributed by atoms with Crippen molar-refractivity contribution < 1.29 is 14.6 Å². The number of aromatic hydroxyl groups is 1. The van der Waals surface area contributed by atoms with E-state index in [9.17, 15) is 9.90 Å². The Balaban J connectivity index is 1.85. The van der Waals surface area contributed by atoms with Crippen molar-refractivity contribution in [3.8, 4) is 11.5 Å². The van der Waals surface area contributed by atoms with Gasteiger partial charge in [-0.15, -0.1) is 0 Å². The Morgan fingerprint density at radius 2 is 1.54 bits per heavy atom. The molecule has 0 radical (unpaired) electrons. The van der Waals surface area contributed by atoms with Crippen molar-refractivity contribution in [1.82, 2.24) is 0 Å². The van der Waals surface area contributed by atoms with Crippen LogP contribution in [0.5, 0.6) is 11.5 Å². The van der Waals surface area contributed by atoms with Gasteiger partial charge < -0.3 is 9.84 Å². The van der Waals surface area contributed by atoms with Crippen molar-refractivity contribution in [2.24, 2.45) is 0 Å². The van der Waals surface area contributed by atoms with Gasteiger partial charge in [0, 0.05) is 11.1 Å². The van der Waals surface area contributed by atoms with Gasteiger partial charge in [0.1, 0.15) is 11.5 Å². The summed E-state index contributed by atoms with van der Waals surface area (Å²) in [7, 11) is 0. The van der Waals surface area contributed by atoms with Crippen LogP contribution in [-0.4, -0.2) is 11.2 Å². The van der Waals surface area contributed by atoms with Crippen LogP contribution in [-0.2, 0) is 5.41 Å². The van der Waals surface area contributed by atoms with E-state index in [-0.39, 0.29) is 11.2 Å². The maximum Gasteiger partial charge on any atom is 0.417 e. The third-order valence-electron chi connectivity index (χ3n) is 5.00. The minimum absolute atomic E-state index is 0.251. The monoisotopic (exact) mass is 375 g/mol. The van der Waals surface area contributed by atoms with Crippen molar-refractivity contribution in [3.63, 3.8) is 0 Å². The minimum atomic E-state index is -0.516. The third-order valence-corrected chi connectivity index (χ3v) is 5.00. The van der Waals surface area contributed by atoms with Gasteiger partial charge in [-0.25, -0.2) is 4.79 Å². The van der Waals surface area contributed by atoms with Crippen molar-refractivity contribution >= 4 is 11.8 Å². The van der Waals surface area contributed by atoms with E-state index in [1.807, 2.05) is 44.2 Å². The fourth-order valence-corrected chi connectivity index (χ4v) is 3.31. The van der Waals surface area contributed by atoms with Gasteiger partial charge in [0.2, 0.25) is 0 Å². The van der Waals surface area contributed by atoms with Gasteiger partial charge in [-0.2, -0.15) is 0 Å². The molecule has 0 aliphatic rings.